The molecule has 74 valence electrons. The number of halogens is 3. The van der Waals surface area contributed by atoms with Crippen molar-refractivity contribution in [2.45, 2.75) is 6.18 Å². The number of nitrogens with one attached hydrogen (secondary N) is 1. The lowest BCUT2D eigenvalue weighted by atomic mass is 10.3. The van der Waals surface area contributed by atoms with Crippen molar-refractivity contribution in [3.63, 3.8) is 0 Å². The number of hydrogen-bond donors (Lipinski definition) is 1. The average molecular weight is 203 g/mol. The first-order chi connectivity index (χ1) is 6.50. The molecule has 0 saturated carbocycles. The third-order valence-corrected chi connectivity index (χ3v) is 1.73. The monoisotopic (exact) mass is 203 g/mol. The van der Waals surface area contributed by atoms with E-state index in [4.69, 9.17) is 0 Å². The van der Waals surface area contributed by atoms with Crippen LogP contribution in [0.2, 0.25) is 0 Å². The molecule has 14 heavy (non-hydrogen) atoms. The van der Waals surface area contributed by atoms with Gasteiger partial charge in [-0.05, 0) is 0 Å². The van der Waals surface area contributed by atoms with Gasteiger partial charge in [-0.15, -0.1) is 0 Å². The van der Waals surface area contributed by atoms with Crippen molar-refractivity contribution in [2.24, 2.45) is 0 Å². The fourth-order valence-corrected chi connectivity index (χ4v) is 1.13. The van der Waals surface area contributed by atoms with Crippen LogP contribution in [0, 0.1) is 0 Å². The van der Waals surface area contributed by atoms with Crippen molar-refractivity contribution in [1.82, 2.24) is 14.6 Å². The predicted molar refractivity (Wildman–Crippen MR) is 40.8 cm³/mol. The highest BCUT2D eigenvalue weighted by atomic mass is 19.4. The van der Waals surface area contributed by atoms with Crippen LogP contribution in [0.25, 0.3) is 5.65 Å². The molecule has 2 aromatic rings. The quantitative estimate of drug-likeness (QED) is 0.695. The highest BCUT2D eigenvalue weighted by Gasteiger charge is 2.34. The van der Waals surface area contributed by atoms with Crippen molar-refractivity contribution in [1.29, 1.82) is 0 Å². The van der Waals surface area contributed by atoms with Gasteiger partial charge < -0.3 is 0 Å². The molecule has 0 aromatic carbocycles. The van der Waals surface area contributed by atoms with E-state index in [0.29, 0.717) is 6.20 Å². The zero-order valence-corrected chi connectivity index (χ0v) is 6.67. The fraction of sp³-hybridized carbons (Fsp3) is 0.143. The summed E-state index contributed by atoms with van der Waals surface area (Å²) in [5.74, 6) is 0. The van der Waals surface area contributed by atoms with Crippen LogP contribution in [0.5, 0.6) is 0 Å². The van der Waals surface area contributed by atoms with Gasteiger partial charge in [-0.25, -0.2) is 9.50 Å². The summed E-state index contributed by atoms with van der Waals surface area (Å²) in [6.45, 7) is 0. The zero-order chi connectivity index (χ0) is 10.3. The maximum absolute atomic E-state index is 12.3. The molecule has 0 spiro atoms. The molecule has 4 nitrogen and oxygen atoms in total. The van der Waals surface area contributed by atoms with Gasteiger partial charge in [0.2, 0.25) is 0 Å². The number of nitrogens with zero attached hydrogens (tertiary/aromatic N) is 2. The van der Waals surface area contributed by atoms with Gasteiger partial charge in [-0.3, -0.25) is 9.89 Å². The van der Waals surface area contributed by atoms with E-state index >= 15 is 0 Å². The van der Waals surface area contributed by atoms with Gasteiger partial charge in [0, 0.05) is 18.5 Å². The lowest BCUT2D eigenvalue weighted by molar-refractivity contribution is -0.136. The van der Waals surface area contributed by atoms with Crippen LogP contribution in [0.4, 0.5) is 13.2 Å². The number of aromatic nitrogens is 3. The second kappa shape index (κ2) is 2.60. The standard InChI is InChI=1S/C7H4F3N3O/c8-7(9,10)4-3-12-13-5(14)1-2-11-6(4)13/h1-3,12H. The minimum absolute atomic E-state index is 0.412. The lowest BCUT2D eigenvalue weighted by Crippen LogP contribution is -2.14. The second-order valence-corrected chi connectivity index (χ2v) is 2.63. The Morgan fingerprint density at radius 2 is 2.14 bits per heavy atom. The maximum atomic E-state index is 12.3. The summed E-state index contributed by atoms with van der Waals surface area (Å²) in [5.41, 5.74) is -1.94. The highest BCUT2D eigenvalue weighted by Crippen LogP contribution is 2.30. The molecule has 0 aliphatic rings. The van der Waals surface area contributed by atoms with E-state index in [2.05, 4.69) is 10.1 Å². The predicted octanol–water partition coefficient (Wildman–Crippen LogP) is 1.04. The molecule has 0 aliphatic heterocycles. The highest BCUT2D eigenvalue weighted by molar-refractivity contribution is 5.47. The maximum Gasteiger partial charge on any atom is 0.421 e. The number of rotatable bonds is 0. The van der Waals surface area contributed by atoms with Gasteiger partial charge in [-0.1, -0.05) is 0 Å². The molecule has 0 bridgehead atoms. The minimum Gasteiger partial charge on any atom is -0.296 e. The molecule has 2 heterocycles. The van der Waals surface area contributed by atoms with Gasteiger partial charge in [0.1, 0.15) is 5.56 Å². The van der Waals surface area contributed by atoms with Crippen molar-refractivity contribution in [2.75, 3.05) is 0 Å². The Morgan fingerprint density at radius 1 is 1.43 bits per heavy atom. The lowest BCUT2D eigenvalue weighted by Gasteiger charge is -2.01. The molecule has 7 heteroatoms. The van der Waals surface area contributed by atoms with Gasteiger partial charge >= 0.3 is 6.18 Å². The Bertz CT molecular complexity index is 525. The van der Waals surface area contributed by atoms with Crippen LogP contribution in [0.15, 0.2) is 23.3 Å². The summed E-state index contributed by atoms with van der Waals surface area (Å²) in [5, 5.41) is 2.18. The number of H-pyrrole nitrogens is 1. The largest absolute Gasteiger partial charge is 0.421 e. The minimum atomic E-state index is -4.51. The van der Waals surface area contributed by atoms with E-state index in [9.17, 15) is 18.0 Å². The summed E-state index contributed by atoms with van der Waals surface area (Å²) in [4.78, 5) is 14.5. The van der Waals surface area contributed by atoms with Crippen molar-refractivity contribution < 1.29 is 13.2 Å². The first-order valence-corrected chi connectivity index (χ1v) is 3.62. The molecule has 0 aliphatic carbocycles. The molecule has 2 rings (SSSR count). The van der Waals surface area contributed by atoms with Crippen LogP contribution in [-0.2, 0) is 6.18 Å². The summed E-state index contributed by atoms with van der Waals surface area (Å²) < 4.78 is 37.7. The summed E-state index contributed by atoms with van der Waals surface area (Å²) in [7, 11) is 0. The molecule has 0 radical (unpaired) electrons. The Hall–Kier alpha value is -1.79. The van der Waals surface area contributed by atoms with Gasteiger partial charge in [0.25, 0.3) is 5.56 Å². The van der Waals surface area contributed by atoms with E-state index in [1.807, 2.05) is 0 Å². The fourth-order valence-electron chi connectivity index (χ4n) is 1.13. The molecule has 0 unspecified atom stereocenters. The van der Waals surface area contributed by atoms with Crippen LogP contribution in [0.1, 0.15) is 5.56 Å². The van der Waals surface area contributed by atoms with Crippen LogP contribution in [-0.4, -0.2) is 14.6 Å². The Morgan fingerprint density at radius 3 is 2.79 bits per heavy atom. The molecule has 0 amide bonds. The molecule has 1 N–H and O–H groups in total. The third-order valence-electron chi connectivity index (χ3n) is 1.73. The second-order valence-electron chi connectivity index (χ2n) is 2.63. The van der Waals surface area contributed by atoms with Crippen molar-refractivity contribution >= 4 is 5.65 Å². The molecule has 0 fully saturated rings. The Labute approximate surface area is 75.0 Å². The van der Waals surface area contributed by atoms with Crippen molar-refractivity contribution in [3.8, 4) is 0 Å². The normalized spacial score (nSPS) is 12.2. The van der Waals surface area contributed by atoms with Crippen LogP contribution >= 0.6 is 0 Å². The average Bonchev–Trinajstić information content (AvgIpc) is 2.47. The summed E-state index contributed by atoms with van der Waals surface area (Å²) >= 11 is 0. The molecular weight excluding hydrogens is 199 g/mol. The van der Waals surface area contributed by atoms with E-state index in [1.165, 1.54) is 0 Å². The molecular formula is C7H4F3N3O. The van der Waals surface area contributed by atoms with Crippen molar-refractivity contribution in [3.05, 3.63) is 34.4 Å². The van der Waals surface area contributed by atoms with E-state index in [1.54, 1.807) is 0 Å². The Kier molecular flexibility index (Phi) is 1.63. The van der Waals surface area contributed by atoms with Crippen LogP contribution < -0.4 is 5.56 Å². The van der Waals surface area contributed by atoms with E-state index in [-0.39, 0.29) is 0 Å². The number of fused-ring (bicyclic) bond motifs is 1. The smallest absolute Gasteiger partial charge is 0.296 e. The van der Waals surface area contributed by atoms with Gasteiger partial charge in [0.05, 0.1) is 0 Å². The van der Waals surface area contributed by atoms with E-state index < -0.39 is 22.9 Å². The number of alkyl halides is 3. The Balaban J connectivity index is 2.83. The SMILES string of the molecule is O=c1ccnc2c(C(F)(F)F)c[nH]n12. The van der Waals surface area contributed by atoms with Crippen LogP contribution in [0.3, 0.4) is 0 Å². The number of hydrogen-bond acceptors (Lipinski definition) is 2. The topological polar surface area (TPSA) is 50.2 Å². The molecule has 2 aromatic heterocycles. The summed E-state index contributed by atoms with van der Waals surface area (Å²) in [6, 6.07) is 1.07. The van der Waals surface area contributed by atoms with E-state index in [0.717, 1.165) is 16.8 Å². The zero-order valence-electron chi connectivity index (χ0n) is 6.67. The summed E-state index contributed by atoms with van der Waals surface area (Å²) in [6.07, 6.45) is -2.75. The van der Waals surface area contributed by atoms with Gasteiger partial charge in [0.15, 0.2) is 5.65 Å². The third kappa shape index (κ3) is 1.17. The first-order valence-electron chi connectivity index (χ1n) is 3.62. The molecule has 0 atom stereocenters. The van der Waals surface area contributed by atoms with Gasteiger partial charge in [-0.2, -0.15) is 13.2 Å². The number of aromatic amines is 1. The molecule has 0 saturated heterocycles. The first kappa shape index (κ1) is 8.79.